The van der Waals surface area contributed by atoms with Crippen molar-refractivity contribution in [2.75, 3.05) is 0 Å². The Morgan fingerprint density at radius 2 is 2.21 bits per heavy atom. The second-order valence-corrected chi connectivity index (χ2v) is 2.69. The number of nitriles is 1. The summed E-state index contributed by atoms with van der Waals surface area (Å²) in [5, 5.41) is 26.7. The number of hydrogen-bond donors (Lipinski definition) is 2. The highest BCUT2D eigenvalue weighted by Crippen LogP contribution is 2.15. The Balaban J connectivity index is 2.96. The lowest BCUT2D eigenvalue weighted by molar-refractivity contribution is 0.0525. The molecule has 1 aromatic rings. The first-order chi connectivity index (χ1) is 6.69. The van der Waals surface area contributed by atoms with Crippen molar-refractivity contribution in [3.8, 4) is 6.07 Å². The van der Waals surface area contributed by atoms with Crippen molar-refractivity contribution in [3.05, 3.63) is 29.6 Å². The quantitative estimate of drug-likeness (QED) is 0.511. The smallest absolute Gasteiger partial charge is 0.170 e. The fraction of sp³-hybridized carbons (Fsp3) is 0.222. The van der Waals surface area contributed by atoms with Crippen molar-refractivity contribution in [1.29, 1.82) is 5.26 Å². The predicted octanol–water partition coefficient (Wildman–Crippen LogP) is -0.188. The first-order valence-corrected chi connectivity index (χ1v) is 3.85. The van der Waals surface area contributed by atoms with E-state index < -0.39 is 12.2 Å². The zero-order valence-corrected chi connectivity index (χ0v) is 7.16. The largest absolute Gasteiger partial charge is 0.384 e. The number of aldehydes is 1. The molecule has 0 bridgehead atoms. The molecule has 72 valence electrons. The molecule has 0 aromatic carbocycles. The van der Waals surface area contributed by atoms with Gasteiger partial charge >= 0.3 is 0 Å². The van der Waals surface area contributed by atoms with Crippen LogP contribution in [-0.2, 0) is 0 Å². The minimum Gasteiger partial charge on any atom is -0.384 e. The summed E-state index contributed by atoms with van der Waals surface area (Å²) in [5.41, 5.74) is 0.523. The maximum atomic E-state index is 10.4. The molecular formula is C9H8N2O3. The molecule has 5 nitrogen and oxygen atoms in total. The third kappa shape index (κ3) is 2.13. The average molecular weight is 192 g/mol. The molecule has 0 radical (unpaired) electrons. The van der Waals surface area contributed by atoms with Gasteiger partial charge in [-0.2, -0.15) is 5.26 Å². The number of rotatable bonds is 3. The Labute approximate surface area is 80.3 Å². The molecule has 2 unspecified atom stereocenters. The molecule has 0 aliphatic heterocycles. The average Bonchev–Trinajstić information content (AvgIpc) is 2.27. The lowest BCUT2D eigenvalue weighted by Gasteiger charge is -2.11. The molecule has 2 N–H and O–H groups in total. The van der Waals surface area contributed by atoms with Gasteiger partial charge in [0.1, 0.15) is 6.10 Å². The highest BCUT2D eigenvalue weighted by Gasteiger charge is 2.17. The van der Waals surface area contributed by atoms with Crippen molar-refractivity contribution >= 4 is 6.29 Å². The van der Waals surface area contributed by atoms with Crippen LogP contribution in [0.5, 0.6) is 0 Å². The first kappa shape index (κ1) is 10.3. The number of nitrogens with zero attached hydrogens (tertiary/aromatic N) is 2. The van der Waals surface area contributed by atoms with Crippen LogP contribution in [0.3, 0.4) is 0 Å². The van der Waals surface area contributed by atoms with E-state index >= 15 is 0 Å². The van der Waals surface area contributed by atoms with Gasteiger partial charge in [0.25, 0.3) is 0 Å². The van der Waals surface area contributed by atoms with Gasteiger partial charge in [-0.15, -0.1) is 0 Å². The van der Waals surface area contributed by atoms with E-state index in [4.69, 9.17) is 10.4 Å². The third-order valence-electron chi connectivity index (χ3n) is 1.69. The molecule has 0 saturated heterocycles. The van der Waals surface area contributed by atoms with E-state index in [-0.39, 0.29) is 11.1 Å². The van der Waals surface area contributed by atoms with Gasteiger partial charge in [-0.25, -0.2) is 0 Å². The summed E-state index contributed by atoms with van der Waals surface area (Å²) in [6, 6.07) is 2.86. The van der Waals surface area contributed by atoms with E-state index in [0.717, 1.165) is 0 Å². The van der Waals surface area contributed by atoms with E-state index in [1.807, 2.05) is 0 Å². The Morgan fingerprint density at radius 1 is 1.50 bits per heavy atom. The van der Waals surface area contributed by atoms with Crippen molar-refractivity contribution in [2.45, 2.75) is 12.2 Å². The van der Waals surface area contributed by atoms with Gasteiger partial charge in [-0.3, -0.25) is 9.78 Å². The van der Waals surface area contributed by atoms with Gasteiger partial charge < -0.3 is 10.2 Å². The zero-order chi connectivity index (χ0) is 10.6. The van der Waals surface area contributed by atoms with Crippen LogP contribution in [0.1, 0.15) is 22.0 Å². The van der Waals surface area contributed by atoms with E-state index in [9.17, 15) is 9.90 Å². The second kappa shape index (κ2) is 4.46. The van der Waals surface area contributed by atoms with Gasteiger partial charge in [-0.1, -0.05) is 0 Å². The summed E-state index contributed by atoms with van der Waals surface area (Å²) in [5.74, 6) is 0. The Hall–Kier alpha value is -1.77. The van der Waals surface area contributed by atoms with Crippen LogP contribution in [-0.4, -0.2) is 27.6 Å². The Bertz CT molecular complexity index is 373. The monoisotopic (exact) mass is 192 g/mol. The maximum absolute atomic E-state index is 10.4. The van der Waals surface area contributed by atoms with Crippen molar-refractivity contribution in [3.63, 3.8) is 0 Å². The lowest BCUT2D eigenvalue weighted by Crippen LogP contribution is -2.16. The predicted molar refractivity (Wildman–Crippen MR) is 46.2 cm³/mol. The van der Waals surface area contributed by atoms with Crippen molar-refractivity contribution < 1.29 is 15.0 Å². The van der Waals surface area contributed by atoms with Crippen LogP contribution in [0.15, 0.2) is 18.5 Å². The van der Waals surface area contributed by atoms with Crippen LogP contribution in [0.25, 0.3) is 0 Å². The van der Waals surface area contributed by atoms with Crippen LogP contribution in [0, 0.1) is 11.3 Å². The lowest BCUT2D eigenvalue weighted by atomic mass is 10.1. The van der Waals surface area contributed by atoms with E-state index in [2.05, 4.69) is 4.98 Å². The highest BCUT2D eigenvalue weighted by atomic mass is 16.3. The summed E-state index contributed by atoms with van der Waals surface area (Å²) in [6.07, 6.45) is 0.327. The molecule has 1 heterocycles. The first-order valence-electron chi connectivity index (χ1n) is 3.85. The van der Waals surface area contributed by atoms with Gasteiger partial charge in [-0.05, 0) is 6.07 Å². The molecule has 1 aromatic heterocycles. The maximum Gasteiger partial charge on any atom is 0.170 e. The SMILES string of the molecule is N#CC(O)C(O)c1cncc(C=O)c1. The Morgan fingerprint density at radius 3 is 2.79 bits per heavy atom. The van der Waals surface area contributed by atoms with E-state index in [1.54, 1.807) is 0 Å². The van der Waals surface area contributed by atoms with Crippen LogP contribution in [0.2, 0.25) is 0 Å². The molecule has 0 saturated carbocycles. The second-order valence-electron chi connectivity index (χ2n) is 2.69. The number of aliphatic hydroxyl groups is 2. The molecule has 0 aliphatic rings. The molecular weight excluding hydrogens is 184 g/mol. The molecule has 2 atom stereocenters. The number of pyridine rings is 1. The molecule has 5 heteroatoms. The fourth-order valence-corrected chi connectivity index (χ4v) is 0.955. The van der Waals surface area contributed by atoms with E-state index in [1.165, 1.54) is 24.5 Å². The van der Waals surface area contributed by atoms with Crippen molar-refractivity contribution in [1.82, 2.24) is 4.98 Å². The number of hydrogen-bond acceptors (Lipinski definition) is 5. The minimum atomic E-state index is -1.52. The summed E-state index contributed by atoms with van der Waals surface area (Å²) in [7, 11) is 0. The highest BCUT2D eigenvalue weighted by molar-refractivity contribution is 5.74. The van der Waals surface area contributed by atoms with Crippen LogP contribution >= 0.6 is 0 Å². The molecule has 1 rings (SSSR count). The van der Waals surface area contributed by atoms with Gasteiger partial charge in [0.2, 0.25) is 0 Å². The third-order valence-corrected chi connectivity index (χ3v) is 1.69. The summed E-state index contributed by atoms with van der Waals surface area (Å²) < 4.78 is 0. The molecule has 0 aliphatic carbocycles. The normalized spacial score (nSPS) is 14.1. The number of carbonyl (C=O) groups excluding carboxylic acids is 1. The molecule has 14 heavy (non-hydrogen) atoms. The van der Waals surface area contributed by atoms with Crippen molar-refractivity contribution in [2.24, 2.45) is 0 Å². The minimum absolute atomic E-state index is 0.239. The van der Waals surface area contributed by atoms with Crippen LogP contribution in [0.4, 0.5) is 0 Å². The summed E-state index contributed by atoms with van der Waals surface area (Å²) >= 11 is 0. The van der Waals surface area contributed by atoms with Gasteiger partial charge in [0.05, 0.1) is 6.07 Å². The van der Waals surface area contributed by atoms with Gasteiger partial charge in [0.15, 0.2) is 12.4 Å². The summed E-state index contributed by atoms with van der Waals surface area (Å²) in [6.45, 7) is 0. The fourth-order valence-electron chi connectivity index (χ4n) is 0.955. The molecule has 0 fully saturated rings. The number of aromatic nitrogens is 1. The van der Waals surface area contributed by atoms with Gasteiger partial charge in [0, 0.05) is 23.5 Å². The molecule has 0 spiro atoms. The zero-order valence-electron chi connectivity index (χ0n) is 7.16. The van der Waals surface area contributed by atoms with Crippen LogP contribution < -0.4 is 0 Å². The summed E-state index contributed by atoms with van der Waals surface area (Å²) in [4.78, 5) is 14.1. The molecule has 0 amide bonds. The standard InChI is InChI=1S/C9H8N2O3/c10-2-8(13)9(14)7-1-6(5-12)3-11-4-7/h1,3-5,8-9,13-14H. The topological polar surface area (TPSA) is 94.2 Å². The van der Waals surface area contributed by atoms with E-state index in [0.29, 0.717) is 6.29 Å². The number of carbonyl (C=O) groups is 1. The number of aliphatic hydroxyl groups excluding tert-OH is 2. The Kier molecular flexibility index (Phi) is 3.29.